The first-order chi connectivity index (χ1) is 11.8. The van der Waals surface area contributed by atoms with E-state index in [0.717, 1.165) is 57.0 Å². The summed E-state index contributed by atoms with van der Waals surface area (Å²) < 4.78 is 2.06. The molecule has 1 N–H and O–H groups in total. The fraction of sp³-hybridized carbons (Fsp3) is 0.556. The predicted molar refractivity (Wildman–Crippen MR) is 107 cm³/mol. The lowest BCUT2D eigenvalue weighted by atomic mass is 10.1. The van der Waals surface area contributed by atoms with Gasteiger partial charge in [0.05, 0.1) is 5.69 Å². The number of rotatable bonds is 4. The molecule has 8 heteroatoms. The van der Waals surface area contributed by atoms with Crippen molar-refractivity contribution < 1.29 is 4.79 Å². The summed E-state index contributed by atoms with van der Waals surface area (Å²) in [6.07, 6.45) is 7.12. The van der Waals surface area contributed by atoms with Gasteiger partial charge in [-0.25, -0.2) is 4.98 Å². The van der Waals surface area contributed by atoms with Crippen LogP contribution in [0.5, 0.6) is 0 Å². The Morgan fingerprint density at radius 2 is 2.00 bits per heavy atom. The molecule has 4 rings (SSSR count). The molecule has 2 aromatic heterocycles. The molecule has 2 aromatic rings. The van der Waals surface area contributed by atoms with E-state index in [4.69, 9.17) is 0 Å². The van der Waals surface area contributed by atoms with E-state index in [1.807, 2.05) is 29.3 Å². The number of nitrogens with one attached hydrogen (secondary N) is 1. The zero-order chi connectivity index (χ0) is 16.4. The lowest BCUT2D eigenvalue weighted by Gasteiger charge is -2.34. The Morgan fingerprint density at radius 3 is 2.69 bits per heavy atom. The summed E-state index contributed by atoms with van der Waals surface area (Å²) >= 11 is 0. The van der Waals surface area contributed by atoms with Gasteiger partial charge in [-0.05, 0) is 31.5 Å². The predicted octanol–water partition coefficient (Wildman–Crippen LogP) is 1.96. The summed E-state index contributed by atoms with van der Waals surface area (Å²) in [5, 5.41) is 3.41. The number of carbonyl (C=O) groups excluding carboxylic acids is 1. The first kappa shape index (κ1) is 21.0. The minimum absolute atomic E-state index is 0. The smallest absolute Gasteiger partial charge is 0.224 e. The third kappa shape index (κ3) is 4.88. The normalized spacial score (nSPS) is 20.6. The first-order valence-corrected chi connectivity index (χ1v) is 8.94. The van der Waals surface area contributed by atoms with Gasteiger partial charge in [0.2, 0.25) is 5.91 Å². The third-order valence-electron chi connectivity index (χ3n) is 5.11. The molecular weight excluding hydrogens is 373 g/mol. The van der Waals surface area contributed by atoms with Gasteiger partial charge in [0.15, 0.2) is 0 Å². The molecule has 1 amide bonds. The van der Waals surface area contributed by atoms with Crippen molar-refractivity contribution in [3.63, 3.8) is 0 Å². The Bertz CT molecular complexity index is 675. The van der Waals surface area contributed by atoms with Crippen LogP contribution in [0.25, 0.3) is 5.65 Å². The fourth-order valence-electron chi connectivity index (χ4n) is 3.72. The maximum absolute atomic E-state index is 12.4. The lowest BCUT2D eigenvalue weighted by Crippen LogP contribution is -2.49. The molecular formula is C18H27Cl2N5O. The molecule has 0 bridgehead atoms. The van der Waals surface area contributed by atoms with Crippen molar-refractivity contribution in [2.75, 3.05) is 32.7 Å². The van der Waals surface area contributed by atoms with Gasteiger partial charge in [0.1, 0.15) is 5.65 Å². The van der Waals surface area contributed by atoms with E-state index in [0.29, 0.717) is 18.4 Å². The molecule has 4 heterocycles. The van der Waals surface area contributed by atoms with Crippen molar-refractivity contribution in [2.45, 2.75) is 31.8 Å². The Balaban J connectivity index is 0.00000121. The zero-order valence-corrected chi connectivity index (χ0v) is 16.5. The van der Waals surface area contributed by atoms with Crippen molar-refractivity contribution in [3.8, 4) is 0 Å². The summed E-state index contributed by atoms with van der Waals surface area (Å²) in [5.74, 6) is 0.307. The number of imidazole rings is 1. The lowest BCUT2D eigenvalue weighted by molar-refractivity contribution is -0.133. The van der Waals surface area contributed by atoms with Gasteiger partial charge in [-0.1, -0.05) is 6.07 Å². The highest BCUT2D eigenvalue weighted by Crippen LogP contribution is 2.13. The van der Waals surface area contributed by atoms with Crippen molar-refractivity contribution in [3.05, 3.63) is 36.3 Å². The second-order valence-electron chi connectivity index (χ2n) is 6.85. The average molecular weight is 400 g/mol. The molecule has 2 aliphatic heterocycles. The van der Waals surface area contributed by atoms with Crippen LogP contribution in [0.1, 0.15) is 25.0 Å². The van der Waals surface area contributed by atoms with Crippen molar-refractivity contribution in [2.24, 2.45) is 0 Å². The van der Waals surface area contributed by atoms with Gasteiger partial charge in [-0.15, -0.1) is 24.8 Å². The number of pyridine rings is 1. The van der Waals surface area contributed by atoms with Crippen LogP contribution in [-0.2, 0) is 11.3 Å². The number of hydrogen-bond acceptors (Lipinski definition) is 4. The maximum atomic E-state index is 12.4. The molecule has 0 saturated carbocycles. The van der Waals surface area contributed by atoms with Crippen molar-refractivity contribution in [1.29, 1.82) is 0 Å². The van der Waals surface area contributed by atoms with E-state index >= 15 is 0 Å². The molecule has 0 aromatic carbocycles. The summed E-state index contributed by atoms with van der Waals surface area (Å²) in [4.78, 5) is 21.5. The highest BCUT2D eigenvalue weighted by molar-refractivity contribution is 5.85. The molecule has 0 radical (unpaired) electrons. The summed E-state index contributed by atoms with van der Waals surface area (Å²) in [7, 11) is 0. The SMILES string of the molecule is Cl.Cl.O=C(CC1CCCN1)N1CCN(Cc2cn3ccccc3n2)CC1. The molecule has 1 atom stereocenters. The van der Waals surface area contributed by atoms with Crippen molar-refractivity contribution >= 4 is 36.4 Å². The van der Waals surface area contributed by atoms with Crippen LogP contribution in [0.15, 0.2) is 30.6 Å². The van der Waals surface area contributed by atoms with Crippen molar-refractivity contribution in [1.82, 2.24) is 24.5 Å². The molecule has 2 fully saturated rings. The third-order valence-corrected chi connectivity index (χ3v) is 5.11. The molecule has 26 heavy (non-hydrogen) atoms. The maximum Gasteiger partial charge on any atom is 0.224 e. The number of carbonyl (C=O) groups is 1. The number of amides is 1. The number of aromatic nitrogens is 2. The zero-order valence-electron chi connectivity index (χ0n) is 14.8. The van der Waals surface area contributed by atoms with Gasteiger partial charge >= 0.3 is 0 Å². The minimum atomic E-state index is 0. The second-order valence-corrected chi connectivity index (χ2v) is 6.85. The first-order valence-electron chi connectivity index (χ1n) is 8.94. The highest BCUT2D eigenvalue weighted by atomic mass is 35.5. The summed E-state index contributed by atoms with van der Waals surface area (Å²) in [6, 6.07) is 6.45. The van der Waals surface area contributed by atoms with Crippen LogP contribution in [-0.4, -0.2) is 63.9 Å². The van der Waals surface area contributed by atoms with E-state index in [1.165, 1.54) is 6.42 Å². The topological polar surface area (TPSA) is 52.9 Å². The average Bonchev–Trinajstić information content (AvgIpc) is 3.24. The molecule has 0 spiro atoms. The fourth-order valence-corrected chi connectivity index (χ4v) is 3.72. The number of nitrogens with zero attached hydrogens (tertiary/aromatic N) is 4. The molecule has 1 unspecified atom stereocenters. The van der Waals surface area contributed by atoms with E-state index in [-0.39, 0.29) is 24.8 Å². The van der Waals surface area contributed by atoms with E-state index in [9.17, 15) is 4.79 Å². The molecule has 2 aliphatic rings. The van der Waals surface area contributed by atoms with Gasteiger partial charge in [0, 0.05) is 57.6 Å². The quantitative estimate of drug-likeness (QED) is 0.853. The standard InChI is InChI=1S/C18H25N5O.2ClH/c24-18(12-15-4-3-6-19-15)22-10-8-21(9-11-22)13-16-14-23-7-2-1-5-17(23)20-16;;/h1-2,5,7,14-15,19H,3-4,6,8-13H2;2*1H. The highest BCUT2D eigenvalue weighted by Gasteiger charge is 2.25. The number of hydrogen-bond donors (Lipinski definition) is 1. The van der Waals surface area contributed by atoms with Crippen LogP contribution in [0, 0.1) is 0 Å². The van der Waals surface area contributed by atoms with E-state index < -0.39 is 0 Å². The number of halogens is 2. The monoisotopic (exact) mass is 399 g/mol. The number of piperazine rings is 1. The van der Waals surface area contributed by atoms with Gasteiger partial charge in [-0.3, -0.25) is 9.69 Å². The Morgan fingerprint density at radius 1 is 1.19 bits per heavy atom. The Hall–Kier alpha value is -1.34. The van der Waals surface area contributed by atoms with Crippen LogP contribution < -0.4 is 5.32 Å². The Labute approximate surface area is 166 Å². The molecule has 144 valence electrons. The number of fused-ring (bicyclic) bond motifs is 1. The van der Waals surface area contributed by atoms with E-state index in [1.54, 1.807) is 0 Å². The van der Waals surface area contributed by atoms with Crippen LogP contribution in [0.4, 0.5) is 0 Å². The van der Waals surface area contributed by atoms with E-state index in [2.05, 4.69) is 25.8 Å². The van der Waals surface area contributed by atoms with Gasteiger partial charge in [-0.2, -0.15) is 0 Å². The molecule has 2 saturated heterocycles. The summed E-state index contributed by atoms with van der Waals surface area (Å²) in [5.41, 5.74) is 2.08. The van der Waals surface area contributed by atoms with Gasteiger partial charge in [0.25, 0.3) is 0 Å². The molecule has 0 aliphatic carbocycles. The van der Waals surface area contributed by atoms with Crippen LogP contribution in [0.2, 0.25) is 0 Å². The minimum Gasteiger partial charge on any atom is -0.340 e. The largest absolute Gasteiger partial charge is 0.340 e. The van der Waals surface area contributed by atoms with Crippen LogP contribution >= 0.6 is 24.8 Å². The molecule has 6 nitrogen and oxygen atoms in total. The van der Waals surface area contributed by atoms with Crippen LogP contribution in [0.3, 0.4) is 0 Å². The second kappa shape index (κ2) is 9.55. The Kier molecular flexibility index (Phi) is 7.70. The van der Waals surface area contributed by atoms with Gasteiger partial charge < -0.3 is 14.6 Å². The summed E-state index contributed by atoms with van der Waals surface area (Å²) in [6.45, 7) is 5.44.